The first kappa shape index (κ1) is 12.1. The van der Waals surface area contributed by atoms with Crippen LogP contribution in [0.2, 0.25) is 0 Å². The zero-order valence-corrected chi connectivity index (χ0v) is 8.14. The normalized spacial score (nSPS) is 10.6. The van der Waals surface area contributed by atoms with Gasteiger partial charge in [0, 0.05) is 6.54 Å². The van der Waals surface area contributed by atoms with Crippen molar-refractivity contribution in [3.8, 4) is 12.3 Å². The van der Waals surface area contributed by atoms with Gasteiger partial charge in [-0.3, -0.25) is 4.79 Å². The lowest BCUT2D eigenvalue weighted by molar-refractivity contribution is -0.138. The molecule has 5 heteroatoms. The lowest BCUT2D eigenvalue weighted by atomic mass is 10.1. The summed E-state index contributed by atoms with van der Waals surface area (Å²) >= 11 is 0. The summed E-state index contributed by atoms with van der Waals surface area (Å²) in [7, 11) is 0. The van der Waals surface area contributed by atoms with Crippen molar-refractivity contribution in [2.24, 2.45) is 0 Å². The van der Waals surface area contributed by atoms with Crippen molar-refractivity contribution < 1.29 is 18.0 Å². The highest BCUT2D eigenvalue weighted by molar-refractivity contribution is 5.92. The first-order valence-electron chi connectivity index (χ1n) is 4.34. The minimum Gasteiger partial charge on any atom is -0.341 e. The van der Waals surface area contributed by atoms with Crippen LogP contribution in [-0.4, -0.2) is 5.91 Å². The maximum atomic E-state index is 12.5. The summed E-state index contributed by atoms with van der Waals surface area (Å²) in [4.78, 5) is 10.7. The molecule has 84 valence electrons. The molecule has 0 aliphatic heterocycles. The molecule has 0 saturated carbocycles. The van der Waals surface area contributed by atoms with Crippen LogP contribution in [-0.2, 0) is 17.5 Å². The van der Waals surface area contributed by atoms with Crippen LogP contribution >= 0.6 is 0 Å². The predicted molar refractivity (Wildman–Crippen MR) is 52.1 cm³/mol. The van der Waals surface area contributed by atoms with E-state index in [4.69, 9.17) is 6.42 Å². The Morgan fingerprint density at radius 3 is 2.56 bits per heavy atom. The minimum atomic E-state index is -4.43. The molecule has 1 rings (SSSR count). The highest BCUT2D eigenvalue weighted by Crippen LogP contribution is 2.31. The topological polar surface area (TPSA) is 29.1 Å². The second-order valence-electron chi connectivity index (χ2n) is 2.98. The Balaban J connectivity index is 2.89. The standard InChI is InChI=1S/C11H8F3NO/c1-2-10(16)15-7-8-5-3-4-6-9(8)11(12,13)14/h1,3-6H,7H2,(H,15,16). The molecular weight excluding hydrogens is 219 g/mol. The van der Waals surface area contributed by atoms with Gasteiger partial charge in [-0.15, -0.1) is 6.42 Å². The Kier molecular flexibility index (Phi) is 3.56. The number of carbonyl (C=O) groups is 1. The van der Waals surface area contributed by atoms with Crippen LogP contribution in [0.25, 0.3) is 0 Å². The molecule has 16 heavy (non-hydrogen) atoms. The molecule has 0 unspecified atom stereocenters. The number of carbonyl (C=O) groups excluding carboxylic acids is 1. The van der Waals surface area contributed by atoms with Gasteiger partial charge in [-0.2, -0.15) is 13.2 Å². The summed E-state index contributed by atoms with van der Waals surface area (Å²) in [6.45, 7) is -0.237. The van der Waals surface area contributed by atoms with E-state index in [1.165, 1.54) is 18.2 Å². The quantitative estimate of drug-likeness (QED) is 0.769. The molecule has 1 aromatic carbocycles. The average Bonchev–Trinajstić information content (AvgIpc) is 2.25. The van der Waals surface area contributed by atoms with Crippen LogP contribution < -0.4 is 5.32 Å². The summed E-state index contributed by atoms with van der Waals surface area (Å²) in [5, 5.41) is 2.19. The lowest BCUT2D eigenvalue weighted by Gasteiger charge is -2.12. The molecule has 0 bridgehead atoms. The van der Waals surface area contributed by atoms with Crippen LogP contribution in [0, 0.1) is 12.3 Å². The van der Waals surface area contributed by atoms with Gasteiger partial charge in [0.15, 0.2) is 0 Å². The van der Waals surface area contributed by atoms with Gasteiger partial charge >= 0.3 is 6.18 Å². The molecule has 0 fully saturated rings. The van der Waals surface area contributed by atoms with Crippen LogP contribution in [0.4, 0.5) is 13.2 Å². The van der Waals surface area contributed by atoms with Gasteiger partial charge in [-0.25, -0.2) is 0 Å². The zero-order valence-electron chi connectivity index (χ0n) is 8.14. The van der Waals surface area contributed by atoms with Gasteiger partial charge in [0.05, 0.1) is 5.56 Å². The van der Waals surface area contributed by atoms with Gasteiger partial charge in [0.25, 0.3) is 5.91 Å². The van der Waals surface area contributed by atoms with Gasteiger partial charge in [-0.05, 0) is 17.6 Å². The van der Waals surface area contributed by atoms with E-state index in [-0.39, 0.29) is 12.1 Å². The van der Waals surface area contributed by atoms with Crippen molar-refractivity contribution in [1.82, 2.24) is 5.32 Å². The number of amides is 1. The molecule has 1 N–H and O–H groups in total. The maximum Gasteiger partial charge on any atom is 0.416 e. The lowest BCUT2D eigenvalue weighted by Crippen LogP contribution is -2.22. The van der Waals surface area contributed by atoms with Crippen LogP contribution in [0.15, 0.2) is 24.3 Å². The molecule has 0 aliphatic rings. The third kappa shape index (κ3) is 3.02. The molecule has 0 atom stereocenters. The fourth-order valence-electron chi connectivity index (χ4n) is 1.18. The second kappa shape index (κ2) is 4.71. The number of hydrogen-bond donors (Lipinski definition) is 1. The van der Waals surface area contributed by atoms with Gasteiger partial charge in [0.2, 0.25) is 0 Å². The monoisotopic (exact) mass is 227 g/mol. The Bertz CT molecular complexity index is 432. The van der Waals surface area contributed by atoms with Crippen molar-refractivity contribution >= 4 is 5.91 Å². The van der Waals surface area contributed by atoms with Gasteiger partial charge < -0.3 is 5.32 Å². The largest absolute Gasteiger partial charge is 0.416 e. The third-order valence-corrected chi connectivity index (χ3v) is 1.89. The zero-order chi connectivity index (χ0) is 12.2. The van der Waals surface area contributed by atoms with Crippen molar-refractivity contribution in [3.05, 3.63) is 35.4 Å². The Morgan fingerprint density at radius 2 is 2.00 bits per heavy atom. The van der Waals surface area contributed by atoms with Crippen LogP contribution in [0.3, 0.4) is 0 Å². The van der Waals surface area contributed by atoms with Crippen molar-refractivity contribution in [2.45, 2.75) is 12.7 Å². The summed E-state index contributed by atoms with van der Waals surface area (Å²) in [5.41, 5.74) is -0.786. The molecule has 2 nitrogen and oxygen atoms in total. The second-order valence-corrected chi connectivity index (χ2v) is 2.98. The molecule has 0 aromatic heterocycles. The summed E-state index contributed by atoms with van der Waals surface area (Å²) in [5.74, 6) is 1.02. The highest BCUT2D eigenvalue weighted by atomic mass is 19.4. The van der Waals surface area contributed by atoms with Crippen LogP contribution in [0.5, 0.6) is 0 Å². The van der Waals surface area contributed by atoms with Crippen molar-refractivity contribution in [3.63, 3.8) is 0 Å². The maximum absolute atomic E-state index is 12.5. The van der Waals surface area contributed by atoms with E-state index in [0.717, 1.165) is 6.07 Å². The molecule has 0 spiro atoms. The smallest absolute Gasteiger partial charge is 0.341 e. The Hall–Kier alpha value is -1.96. The summed E-state index contributed by atoms with van der Waals surface area (Å²) < 4.78 is 37.5. The van der Waals surface area contributed by atoms with E-state index in [2.05, 4.69) is 5.32 Å². The van der Waals surface area contributed by atoms with E-state index in [0.29, 0.717) is 0 Å². The minimum absolute atomic E-state index is 0.0152. The Morgan fingerprint density at radius 1 is 1.38 bits per heavy atom. The first-order chi connectivity index (χ1) is 7.45. The average molecular weight is 227 g/mol. The van der Waals surface area contributed by atoms with Gasteiger partial charge in [-0.1, -0.05) is 18.2 Å². The fraction of sp³-hybridized carbons (Fsp3) is 0.182. The molecule has 0 saturated heterocycles. The van der Waals surface area contributed by atoms with E-state index in [1.807, 2.05) is 0 Å². The van der Waals surface area contributed by atoms with Gasteiger partial charge in [0.1, 0.15) is 0 Å². The Labute approximate surface area is 90.5 Å². The third-order valence-electron chi connectivity index (χ3n) is 1.89. The SMILES string of the molecule is C#CC(=O)NCc1ccccc1C(F)(F)F. The molecule has 1 aromatic rings. The van der Waals surface area contributed by atoms with E-state index >= 15 is 0 Å². The number of terminal acetylenes is 1. The molecule has 1 amide bonds. The van der Waals surface area contributed by atoms with E-state index < -0.39 is 17.6 Å². The predicted octanol–water partition coefficient (Wildman–Crippen LogP) is 1.95. The number of hydrogen-bond acceptors (Lipinski definition) is 1. The molecular formula is C11H8F3NO. The van der Waals surface area contributed by atoms with Crippen LogP contribution in [0.1, 0.15) is 11.1 Å². The number of benzene rings is 1. The number of alkyl halides is 3. The molecule has 0 heterocycles. The van der Waals surface area contributed by atoms with Crippen molar-refractivity contribution in [1.29, 1.82) is 0 Å². The summed E-state index contributed by atoms with van der Waals surface area (Å²) in [6, 6.07) is 5.00. The number of nitrogens with one attached hydrogen (secondary N) is 1. The van der Waals surface area contributed by atoms with E-state index in [1.54, 1.807) is 5.92 Å². The molecule has 0 aliphatic carbocycles. The summed E-state index contributed by atoms with van der Waals surface area (Å²) in [6.07, 6.45) is 0.343. The molecule has 0 radical (unpaired) electrons. The number of halogens is 3. The fourth-order valence-corrected chi connectivity index (χ4v) is 1.18. The van der Waals surface area contributed by atoms with Crippen molar-refractivity contribution in [2.75, 3.05) is 0 Å². The highest BCUT2D eigenvalue weighted by Gasteiger charge is 2.32. The first-order valence-corrected chi connectivity index (χ1v) is 4.34. The van der Waals surface area contributed by atoms with E-state index in [9.17, 15) is 18.0 Å². The number of rotatable bonds is 2.